The molecular formula is C18H21N3O3S. The third-order valence-electron chi connectivity index (χ3n) is 4.16. The van der Waals surface area contributed by atoms with Crippen LogP contribution >= 0.6 is 0 Å². The molecule has 0 bridgehead atoms. The number of hydrogen-bond acceptors (Lipinski definition) is 3. The van der Waals surface area contributed by atoms with Crippen LogP contribution in [0.5, 0.6) is 0 Å². The Labute approximate surface area is 148 Å². The lowest BCUT2D eigenvalue weighted by molar-refractivity contribution is -0.126. The molecule has 2 aromatic carbocycles. The van der Waals surface area contributed by atoms with Gasteiger partial charge < -0.3 is 5.32 Å². The molecule has 0 spiro atoms. The first-order valence-electron chi connectivity index (χ1n) is 8.18. The molecule has 1 saturated heterocycles. The number of nitrogens with one attached hydrogen (secondary N) is 2. The van der Waals surface area contributed by atoms with Crippen LogP contribution in [-0.2, 0) is 28.0 Å². The summed E-state index contributed by atoms with van der Waals surface area (Å²) in [6.45, 7) is 0.767. The second-order valence-corrected chi connectivity index (χ2v) is 7.63. The average Bonchev–Trinajstić information content (AvgIpc) is 2.63. The summed E-state index contributed by atoms with van der Waals surface area (Å²) in [5, 5.41) is 2.76. The average molecular weight is 359 g/mol. The first-order chi connectivity index (χ1) is 12.1. The number of carbonyl (C=O) groups is 1. The van der Waals surface area contributed by atoms with Crippen LogP contribution in [0.15, 0.2) is 60.7 Å². The van der Waals surface area contributed by atoms with Crippen molar-refractivity contribution in [2.24, 2.45) is 0 Å². The fourth-order valence-corrected chi connectivity index (χ4v) is 4.22. The van der Waals surface area contributed by atoms with Gasteiger partial charge in [-0.2, -0.15) is 17.4 Å². The van der Waals surface area contributed by atoms with Crippen LogP contribution < -0.4 is 10.0 Å². The van der Waals surface area contributed by atoms with E-state index in [1.54, 1.807) is 0 Å². The minimum Gasteiger partial charge on any atom is -0.353 e. The number of carbonyl (C=O) groups excluding carboxylic acids is 1. The van der Waals surface area contributed by atoms with Crippen molar-refractivity contribution in [3.8, 4) is 0 Å². The third-order valence-corrected chi connectivity index (χ3v) is 5.73. The van der Waals surface area contributed by atoms with Gasteiger partial charge in [0.05, 0.1) is 0 Å². The van der Waals surface area contributed by atoms with Gasteiger partial charge in [-0.05, 0) is 17.5 Å². The Hall–Kier alpha value is -2.22. The number of piperazine rings is 1. The van der Waals surface area contributed by atoms with Crippen molar-refractivity contribution < 1.29 is 13.2 Å². The zero-order chi connectivity index (χ0) is 17.7. The molecule has 2 N–H and O–H groups in total. The molecule has 1 atom stereocenters. The molecule has 1 fully saturated rings. The second kappa shape index (κ2) is 7.77. The molecule has 1 aliphatic heterocycles. The van der Waals surface area contributed by atoms with Crippen LogP contribution in [0.1, 0.15) is 11.1 Å². The first-order valence-corrected chi connectivity index (χ1v) is 9.62. The molecule has 1 aliphatic rings. The van der Waals surface area contributed by atoms with Crippen LogP contribution in [0, 0.1) is 0 Å². The summed E-state index contributed by atoms with van der Waals surface area (Å²) in [5.41, 5.74) is 1.79. The van der Waals surface area contributed by atoms with Crippen molar-refractivity contribution in [2.75, 3.05) is 13.1 Å². The summed E-state index contributed by atoms with van der Waals surface area (Å²) >= 11 is 0. The van der Waals surface area contributed by atoms with Crippen molar-refractivity contribution >= 4 is 16.1 Å². The summed E-state index contributed by atoms with van der Waals surface area (Å²) < 4.78 is 29.3. The maximum Gasteiger partial charge on any atom is 0.280 e. The van der Waals surface area contributed by atoms with Crippen LogP contribution in [0.25, 0.3) is 0 Å². The van der Waals surface area contributed by atoms with Gasteiger partial charge in [-0.25, -0.2) is 0 Å². The number of nitrogens with zero attached hydrogens (tertiary/aromatic N) is 1. The highest BCUT2D eigenvalue weighted by atomic mass is 32.2. The molecule has 2 aromatic rings. The topological polar surface area (TPSA) is 78.5 Å². The van der Waals surface area contributed by atoms with Gasteiger partial charge in [0.1, 0.15) is 6.04 Å². The van der Waals surface area contributed by atoms with Gasteiger partial charge in [0, 0.05) is 19.6 Å². The van der Waals surface area contributed by atoms with Crippen molar-refractivity contribution in [3.63, 3.8) is 0 Å². The van der Waals surface area contributed by atoms with Gasteiger partial charge in [-0.1, -0.05) is 60.7 Å². The summed E-state index contributed by atoms with van der Waals surface area (Å²) in [7, 11) is -3.76. The standard InChI is InChI=1S/C18H21N3O3S/c22-18-17(13-15-7-3-1-4-8-15)21(12-11-19-18)25(23,24)20-14-16-9-5-2-6-10-16/h1-10,17,20H,11-14H2,(H,19,22)/t17-/m0/s1. The fraction of sp³-hybridized carbons (Fsp3) is 0.278. The minimum absolute atomic E-state index is 0.194. The van der Waals surface area contributed by atoms with Crippen molar-refractivity contribution in [2.45, 2.75) is 19.0 Å². The molecule has 6 nitrogen and oxygen atoms in total. The monoisotopic (exact) mass is 359 g/mol. The number of benzene rings is 2. The summed E-state index contributed by atoms with van der Waals surface area (Å²) in [5.74, 6) is -0.264. The molecule has 132 valence electrons. The number of hydrogen-bond donors (Lipinski definition) is 2. The fourth-order valence-electron chi connectivity index (χ4n) is 2.87. The quantitative estimate of drug-likeness (QED) is 0.810. The number of rotatable bonds is 6. The van der Waals surface area contributed by atoms with E-state index >= 15 is 0 Å². The Morgan fingerprint density at radius 1 is 1.00 bits per heavy atom. The van der Waals surface area contributed by atoms with E-state index in [1.165, 1.54) is 4.31 Å². The van der Waals surface area contributed by atoms with Gasteiger partial charge in [0.15, 0.2) is 0 Å². The minimum atomic E-state index is -3.76. The van der Waals surface area contributed by atoms with E-state index < -0.39 is 16.3 Å². The predicted octanol–water partition coefficient (Wildman–Crippen LogP) is 1.06. The van der Waals surface area contributed by atoms with Gasteiger partial charge in [0.25, 0.3) is 10.2 Å². The summed E-state index contributed by atoms with van der Waals surface area (Å²) in [6, 6.07) is 18.0. The molecule has 0 unspecified atom stereocenters. The Bertz CT molecular complexity index is 810. The third kappa shape index (κ3) is 4.45. The van der Waals surface area contributed by atoms with E-state index in [4.69, 9.17) is 0 Å². The molecule has 7 heteroatoms. The Kier molecular flexibility index (Phi) is 5.47. The zero-order valence-electron chi connectivity index (χ0n) is 13.8. The highest BCUT2D eigenvalue weighted by Crippen LogP contribution is 2.15. The van der Waals surface area contributed by atoms with Gasteiger partial charge in [-0.3, -0.25) is 4.79 Å². The molecular weight excluding hydrogens is 338 g/mol. The zero-order valence-corrected chi connectivity index (χ0v) is 14.6. The van der Waals surface area contributed by atoms with Crippen LogP contribution in [0.2, 0.25) is 0 Å². The largest absolute Gasteiger partial charge is 0.353 e. The second-order valence-electron chi connectivity index (χ2n) is 5.92. The molecule has 0 saturated carbocycles. The highest BCUT2D eigenvalue weighted by molar-refractivity contribution is 7.87. The SMILES string of the molecule is O=C1NCCN(S(=O)(=O)NCc2ccccc2)[C@H]1Cc1ccccc1. The van der Waals surface area contributed by atoms with Crippen LogP contribution in [-0.4, -0.2) is 37.8 Å². The lowest BCUT2D eigenvalue weighted by Crippen LogP contribution is -2.60. The van der Waals surface area contributed by atoms with Gasteiger partial charge in [-0.15, -0.1) is 0 Å². The van der Waals surface area contributed by atoms with E-state index in [9.17, 15) is 13.2 Å². The molecule has 1 amide bonds. The number of amides is 1. The summed E-state index contributed by atoms with van der Waals surface area (Å²) in [6.07, 6.45) is 0.346. The smallest absolute Gasteiger partial charge is 0.280 e. The normalized spacial score (nSPS) is 18.7. The molecule has 0 aromatic heterocycles. The Balaban J connectivity index is 1.75. The lowest BCUT2D eigenvalue weighted by Gasteiger charge is -2.34. The van der Waals surface area contributed by atoms with Crippen LogP contribution in [0.4, 0.5) is 0 Å². The molecule has 0 radical (unpaired) electrons. The van der Waals surface area contributed by atoms with E-state index in [-0.39, 0.29) is 19.0 Å². The Morgan fingerprint density at radius 3 is 2.24 bits per heavy atom. The van der Waals surface area contributed by atoms with Crippen molar-refractivity contribution in [1.29, 1.82) is 0 Å². The maximum absolute atomic E-state index is 12.7. The molecule has 3 rings (SSSR count). The Morgan fingerprint density at radius 2 is 1.60 bits per heavy atom. The molecule has 25 heavy (non-hydrogen) atoms. The van der Waals surface area contributed by atoms with Gasteiger partial charge in [0.2, 0.25) is 5.91 Å². The van der Waals surface area contributed by atoms with Gasteiger partial charge >= 0.3 is 0 Å². The van der Waals surface area contributed by atoms with Crippen LogP contribution in [0.3, 0.4) is 0 Å². The van der Waals surface area contributed by atoms with Crippen molar-refractivity contribution in [1.82, 2.24) is 14.3 Å². The molecule has 1 heterocycles. The molecule has 0 aliphatic carbocycles. The first kappa shape index (κ1) is 17.6. The highest BCUT2D eigenvalue weighted by Gasteiger charge is 2.37. The van der Waals surface area contributed by atoms with Crippen molar-refractivity contribution in [3.05, 3.63) is 71.8 Å². The maximum atomic E-state index is 12.7. The summed E-state index contributed by atoms with van der Waals surface area (Å²) in [4.78, 5) is 12.3. The van der Waals surface area contributed by atoms with E-state index in [2.05, 4.69) is 10.0 Å². The van der Waals surface area contributed by atoms with E-state index in [0.29, 0.717) is 13.0 Å². The van der Waals surface area contributed by atoms with E-state index in [1.807, 2.05) is 60.7 Å². The predicted molar refractivity (Wildman–Crippen MR) is 95.9 cm³/mol. The lowest BCUT2D eigenvalue weighted by atomic mass is 10.0. The van der Waals surface area contributed by atoms with E-state index in [0.717, 1.165) is 11.1 Å².